The standard InChI is InChI=1S/C14H19F4N/c1-3-8-19-10(2)4-5-11-6-7-12(13(15)9-11)14(16,17)18/h6-7,9-10,19H,3-5,8H2,1-2H3. The molecule has 1 nitrogen and oxygen atoms in total. The van der Waals surface area contributed by atoms with Gasteiger partial charge in [0.05, 0.1) is 5.56 Å². The molecule has 0 aromatic heterocycles. The molecular weight excluding hydrogens is 258 g/mol. The molecule has 0 spiro atoms. The fourth-order valence-corrected chi connectivity index (χ4v) is 1.82. The van der Waals surface area contributed by atoms with Crippen molar-refractivity contribution in [3.63, 3.8) is 0 Å². The van der Waals surface area contributed by atoms with E-state index in [0.29, 0.717) is 12.0 Å². The normalized spacial score (nSPS) is 13.6. The highest BCUT2D eigenvalue weighted by Crippen LogP contribution is 2.31. The van der Waals surface area contributed by atoms with E-state index in [0.717, 1.165) is 31.5 Å². The Morgan fingerprint density at radius 2 is 1.95 bits per heavy atom. The van der Waals surface area contributed by atoms with Crippen LogP contribution in [0.15, 0.2) is 18.2 Å². The number of hydrogen-bond acceptors (Lipinski definition) is 1. The van der Waals surface area contributed by atoms with Gasteiger partial charge in [0, 0.05) is 6.04 Å². The molecule has 108 valence electrons. The van der Waals surface area contributed by atoms with Crippen LogP contribution in [0.2, 0.25) is 0 Å². The lowest BCUT2D eigenvalue weighted by atomic mass is 10.0. The van der Waals surface area contributed by atoms with Crippen LogP contribution in [0.1, 0.15) is 37.8 Å². The second kappa shape index (κ2) is 6.89. The Morgan fingerprint density at radius 1 is 1.26 bits per heavy atom. The van der Waals surface area contributed by atoms with Gasteiger partial charge in [0.25, 0.3) is 0 Å². The van der Waals surface area contributed by atoms with E-state index in [9.17, 15) is 17.6 Å². The van der Waals surface area contributed by atoms with E-state index in [2.05, 4.69) is 12.2 Å². The third kappa shape index (κ3) is 5.19. The summed E-state index contributed by atoms with van der Waals surface area (Å²) in [4.78, 5) is 0. The van der Waals surface area contributed by atoms with Crippen LogP contribution in [0.25, 0.3) is 0 Å². The fraction of sp³-hybridized carbons (Fsp3) is 0.571. The maximum absolute atomic E-state index is 13.3. The number of halogens is 4. The molecule has 0 fully saturated rings. The SMILES string of the molecule is CCCNC(C)CCc1ccc(C(F)(F)F)c(F)c1. The zero-order valence-electron chi connectivity index (χ0n) is 11.1. The summed E-state index contributed by atoms with van der Waals surface area (Å²) in [6.07, 6.45) is -2.27. The van der Waals surface area contributed by atoms with E-state index >= 15 is 0 Å². The molecule has 19 heavy (non-hydrogen) atoms. The summed E-state index contributed by atoms with van der Waals surface area (Å²) in [5.41, 5.74) is -0.607. The quantitative estimate of drug-likeness (QED) is 0.770. The van der Waals surface area contributed by atoms with Crippen molar-refractivity contribution in [1.82, 2.24) is 5.32 Å². The smallest absolute Gasteiger partial charge is 0.314 e. The highest BCUT2D eigenvalue weighted by molar-refractivity contribution is 5.26. The molecule has 0 saturated carbocycles. The first kappa shape index (κ1) is 16.0. The lowest BCUT2D eigenvalue weighted by Gasteiger charge is -2.13. The summed E-state index contributed by atoms with van der Waals surface area (Å²) in [5, 5.41) is 3.28. The molecule has 0 aliphatic rings. The third-order valence-electron chi connectivity index (χ3n) is 2.95. The summed E-state index contributed by atoms with van der Waals surface area (Å²) >= 11 is 0. The second-order valence-electron chi connectivity index (χ2n) is 4.71. The minimum atomic E-state index is -4.63. The van der Waals surface area contributed by atoms with Crippen molar-refractivity contribution in [2.24, 2.45) is 0 Å². The van der Waals surface area contributed by atoms with Gasteiger partial charge in [-0.15, -0.1) is 0 Å². The van der Waals surface area contributed by atoms with Crippen molar-refractivity contribution < 1.29 is 17.6 Å². The predicted octanol–water partition coefficient (Wildman–Crippen LogP) is 4.17. The molecule has 0 amide bonds. The van der Waals surface area contributed by atoms with Gasteiger partial charge >= 0.3 is 6.18 Å². The molecule has 0 heterocycles. The summed E-state index contributed by atoms with van der Waals surface area (Å²) < 4.78 is 50.5. The molecule has 0 bridgehead atoms. The van der Waals surface area contributed by atoms with Gasteiger partial charge in [-0.05, 0) is 50.4 Å². The number of rotatable bonds is 6. The average Bonchev–Trinajstić information content (AvgIpc) is 2.32. The molecule has 0 saturated heterocycles. The molecule has 1 aromatic carbocycles. The van der Waals surface area contributed by atoms with Gasteiger partial charge in [0.2, 0.25) is 0 Å². The molecule has 1 atom stereocenters. The molecule has 1 rings (SSSR count). The van der Waals surface area contributed by atoms with Gasteiger partial charge in [-0.2, -0.15) is 13.2 Å². The topological polar surface area (TPSA) is 12.0 Å². The summed E-state index contributed by atoms with van der Waals surface area (Å²) in [6.45, 7) is 4.98. The van der Waals surface area contributed by atoms with Crippen molar-refractivity contribution in [2.45, 2.75) is 45.3 Å². The number of alkyl halides is 3. The van der Waals surface area contributed by atoms with Crippen molar-refractivity contribution in [3.8, 4) is 0 Å². The first-order valence-corrected chi connectivity index (χ1v) is 6.43. The number of hydrogen-bond donors (Lipinski definition) is 1. The number of benzene rings is 1. The van der Waals surface area contributed by atoms with Crippen LogP contribution < -0.4 is 5.32 Å². The van der Waals surface area contributed by atoms with Crippen LogP contribution in [-0.2, 0) is 12.6 Å². The van der Waals surface area contributed by atoms with Gasteiger partial charge in [-0.25, -0.2) is 4.39 Å². The van der Waals surface area contributed by atoms with Crippen molar-refractivity contribution in [3.05, 3.63) is 35.1 Å². The molecule has 1 unspecified atom stereocenters. The molecule has 1 N–H and O–H groups in total. The second-order valence-corrected chi connectivity index (χ2v) is 4.71. The monoisotopic (exact) mass is 277 g/mol. The van der Waals surface area contributed by atoms with Crippen LogP contribution >= 0.6 is 0 Å². The Balaban J connectivity index is 2.59. The maximum atomic E-state index is 13.3. The van der Waals surface area contributed by atoms with Crippen molar-refractivity contribution in [1.29, 1.82) is 0 Å². The van der Waals surface area contributed by atoms with E-state index in [4.69, 9.17) is 0 Å². The van der Waals surface area contributed by atoms with Gasteiger partial charge in [0.1, 0.15) is 5.82 Å². The summed E-state index contributed by atoms with van der Waals surface area (Å²) in [7, 11) is 0. The van der Waals surface area contributed by atoms with E-state index in [-0.39, 0.29) is 6.04 Å². The molecule has 0 aliphatic carbocycles. The predicted molar refractivity (Wildman–Crippen MR) is 67.5 cm³/mol. The fourth-order valence-electron chi connectivity index (χ4n) is 1.82. The largest absolute Gasteiger partial charge is 0.419 e. The first-order valence-electron chi connectivity index (χ1n) is 6.43. The Hall–Kier alpha value is -1.10. The molecular formula is C14H19F4N. The zero-order valence-corrected chi connectivity index (χ0v) is 11.1. The van der Waals surface area contributed by atoms with E-state index in [1.54, 1.807) is 0 Å². The first-order chi connectivity index (χ1) is 8.84. The van der Waals surface area contributed by atoms with Gasteiger partial charge in [-0.3, -0.25) is 0 Å². The molecule has 1 aromatic rings. The minimum absolute atomic E-state index is 0.269. The summed E-state index contributed by atoms with van der Waals surface area (Å²) in [5.74, 6) is -1.20. The highest BCUT2D eigenvalue weighted by Gasteiger charge is 2.33. The highest BCUT2D eigenvalue weighted by atomic mass is 19.4. The Labute approximate surface area is 111 Å². The maximum Gasteiger partial charge on any atom is 0.419 e. The van der Waals surface area contributed by atoms with Gasteiger partial charge in [0.15, 0.2) is 0 Å². The van der Waals surface area contributed by atoms with E-state index < -0.39 is 17.6 Å². The third-order valence-corrected chi connectivity index (χ3v) is 2.95. The van der Waals surface area contributed by atoms with Gasteiger partial charge < -0.3 is 5.32 Å². The molecule has 0 aliphatic heterocycles. The van der Waals surface area contributed by atoms with Crippen LogP contribution in [0.5, 0.6) is 0 Å². The number of nitrogens with one attached hydrogen (secondary N) is 1. The van der Waals surface area contributed by atoms with Crippen LogP contribution in [0.4, 0.5) is 17.6 Å². The minimum Gasteiger partial charge on any atom is -0.314 e. The Morgan fingerprint density at radius 3 is 2.47 bits per heavy atom. The Kier molecular flexibility index (Phi) is 5.79. The van der Waals surface area contributed by atoms with Crippen LogP contribution in [0.3, 0.4) is 0 Å². The average molecular weight is 277 g/mol. The zero-order chi connectivity index (χ0) is 14.5. The summed E-state index contributed by atoms with van der Waals surface area (Å²) in [6, 6.07) is 3.41. The van der Waals surface area contributed by atoms with Crippen LogP contribution in [0, 0.1) is 5.82 Å². The van der Waals surface area contributed by atoms with Crippen molar-refractivity contribution in [2.75, 3.05) is 6.54 Å². The number of aryl methyl sites for hydroxylation is 1. The van der Waals surface area contributed by atoms with E-state index in [1.807, 2.05) is 6.92 Å². The van der Waals surface area contributed by atoms with E-state index in [1.165, 1.54) is 6.07 Å². The van der Waals surface area contributed by atoms with Gasteiger partial charge in [-0.1, -0.05) is 13.0 Å². The lowest BCUT2D eigenvalue weighted by Crippen LogP contribution is -2.27. The van der Waals surface area contributed by atoms with Crippen molar-refractivity contribution >= 4 is 0 Å². The lowest BCUT2D eigenvalue weighted by molar-refractivity contribution is -0.140. The molecule has 0 radical (unpaired) electrons. The van der Waals surface area contributed by atoms with Crippen LogP contribution in [-0.4, -0.2) is 12.6 Å². The Bertz CT molecular complexity index is 401. The molecule has 5 heteroatoms.